The molecule has 1 aliphatic heterocycles. The highest BCUT2D eigenvalue weighted by atomic mass is 35.5. The summed E-state index contributed by atoms with van der Waals surface area (Å²) in [5.41, 5.74) is 2.12. The van der Waals surface area contributed by atoms with Gasteiger partial charge in [-0.2, -0.15) is 0 Å². The van der Waals surface area contributed by atoms with Crippen LogP contribution in [0.25, 0.3) is 0 Å². The van der Waals surface area contributed by atoms with Gasteiger partial charge in [-0.25, -0.2) is 0 Å². The van der Waals surface area contributed by atoms with Crippen molar-refractivity contribution in [2.24, 2.45) is 0 Å². The Bertz CT molecular complexity index is 631. The molecule has 5 heteroatoms. The normalized spacial score (nSPS) is 12.7. The maximum absolute atomic E-state index is 6.14. The molecule has 0 bridgehead atoms. The highest BCUT2D eigenvalue weighted by Crippen LogP contribution is 2.32. The van der Waals surface area contributed by atoms with Crippen molar-refractivity contribution in [3.05, 3.63) is 57.6 Å². The molecule has 0 aromatic heterocycles. The summed E-state index contributed by atoms with van der Waals surface area (Å²) in [5, 5.41) is 4.52. The van der Waals surface area contributed by atoms with Crippen LogP contribution in [0.3, 0.4) is 0 Å². The zero-order valence-corrected chi connectivity index (χ0v) is 12.2. The second kappa shape index (κ2) is 5.92. The third-order valence-electron chi connectivity index (χ3n) is 3.11. The lowest BCUT2D eigenvalue weighted by Crippen LogP contribution is -2.13. The first-order chi connectivity index (χ1) is 9.74. The predicted octanol–water partition coefficient (Wildman–Crippen LogP) is 4.01. The van der Waals surface area contributed by atoms with Crippen LogP contribution in [-0.2, 0) is 13.1 Å². The minimum Gasteiger partial charge on any atom is -0.454 e. The molecule has 20 heavy (non-hydrogen) atoms. The Labute approximate surface area is 127 Å². The van der Waals surface area contributed by atoms with Crippen molar-refractivity contribution in [3.8, 4) is 11.5 Å². The molecule has 3 nitrogen and oxygen atoms in total. The van der Waals surface area contributed by atoms with E-state index in [0.29, 0.717) is 23.4 Å². The quantitative estimate of drug-likeness (QED) is 0.925. The third kappa shape index (κ3) is 2.85. The first kappa shape index (κ1) is 13.6. The molecule has 0 saturated carbocycles. The lowest BCUT2D eigenvalue weighted by atomic mass is 10.2. The van der Waals surface area contributed by atoms with Crippen molar-refractivity contribution in [1.29, 1.82) is 0 Å². The lowest BCUT2D eigenvalue weighted by molar-refractivity contribution is 0.174. The van der Waals surface area contributed by atoms with E-state index in [2.05, 4.69) is 5.32 Å². The number of rotatable bonds is 4. The smallest absolute Gasteiger partial charge is 0.231 e. The van der Waals surface area contributed by atoms with Crippen molar-refractivity contribution in [2.75, 3.05) is 6.79 Å². The van der Waals surface area contributed by atoms with Gasteiger partial charge in [-0.15, -0.1) is 0 Å². The number of fused-ring (bicyclic) bond motifs is 1. The highest BCUT2D eigenvalue weighted by Gasteiger charge is 2.13. The Morgan fingerprint density at radius 2 is 1.85 bits per heavy atom. The molecule has 0 saturated heterocycles. The Kier molecular flexibility index (Phi) is 4.01. The van der Waals surface area contributed by atoms with Crippen molar-refractivity contribution >= 4 is 23.2 Å². The first-order valence-electron chi connectivity index (χ1n) is 6.26. The molecule has 0 radical (unpaired) electrons. The van der Waals surface area contributed by atoms with Crippen molar-refractivity contribution in [2.45, 2.75) is 13.1 Å². The van der Waals surface area contributed by atoms with Gasteiger partial charge in [0.1, 0.15) is 0 Å². The summed E-state index contributed by atoms with van der Waals surface area (Å²) in [6.45, 7) is 1.68. The SMILES string of the molecule is Clc1cccc(CNCc2ccc3c(c2)OCO3)c1Cl. The fourth-order valence-corrected chi connectivity index (χ4v) is 2.46. The number of hydrogen-bond acceptors (Lipinski definition) is 3. The summed E-state index contributed by atoms with van der Waals surface area (Å²) in [7, 11) is 0. The van der Waals surface area contributed by atoms with Crippen LogP contribution in [0, 0.1) is 0 Å². The molecule has 3 rings (SSSR count). The Morgan fingerprint density at radius 1 is 1.00 bits per heavy atom. The van der Waals surface area contributed by atoms with Gasteiger partial charge in [-0.1, -0.05) is 41.4 Å². The molecule has 1 N–H and O–H groups in total. The molecule has 2 aromatic rings. The maximum atomic E-state index is 6.14. The van der Waals surface area contributed by atoms with E-state index in [0.717, 1.165) is 29.2 Å². The van der Waals surface area contributed by atoms with Crippen molar-refractivity contribution in [1.82, 2.24) is 5.32 Å². The van der Waals surface area contributed by atoms with E-state index >= 15 is 0 Å². The van der Waals surface area contributed by atoms with Crippen LogP contribution in [0.2, 0.25) is 10.0 Å². The van der Waals surface area contributed by atoms with Crippen LogP contribution >= 0.6 is 23.2 Å². The lowest BCUT2D eigenvalue weighted by Gasteiger charge is -2.08. The van der Waals surface area contributed by atoms with Gasteiger partial charge >= 0.3 is 0 Å². The van der Waals surface area contributed by atoms with Crippen LogP contribution in [0.4, 0.5) is 0 Å². The number of nitrogens with one attached hydrogen (secondary N) is 1. The van der Waals surface area contributed by atoms with Gasteiger partial charge in [0.2, 0.25) is 6.79 Å². The summed E-state index contributed by atoms with van der Waals surface area (Å²) in [4.78, 5) is 0. The van der Waals surface area contributed by atoms with Gasteiger partial charge in [0.15, 0.2) is 11.5 Å². The van der Waals surface area contributed by atoms with Crippen molar-refractivity contribution < 1.29 is 9.47 Å². The van der Waals surface area contributed by atoms with Crippen LogP contribution in [0.1, 0.15) is 11.1 Å². The number of halogens is 2. The Balaban J connectivity index is 1.61. The number of ether oxygens (including phenoxy) is 2. The van der Waals surface area contributed by atoms with E-state index in [4.69, 9.17) is 32.7 Å². The zero-order chi connectivity index (χ0) is 13.9. The van der Waals surface area contributed by atoms with Gasteiger partial charge in [-0.05, 0) is 29.3 Å². The van der Waals surface area contributed by atoms with Gasteiger partial charge < -0.3 is 14.8 Å². The average Bonchev–Trinajstić information content (AvgIpc) is 2.91. The van der Waals surface area contributed by atoms with E-state index < -0.39 is 0 Å². The van der Waals surface area contributed by atoms with Gasteiger partial charge in [-0.3, -0.25) is 0 Å². The summed E-state index contributed by atoms with van der Waals surface area (Å²) in [6.07, 6.45) is 0. The third-order valence-corrected chi connectivity index (χ3v) is 3.97. The molecular formula is C15H13Cl2NO2. The fourth-order valence-electron chi connectivity index (χ4n) is 2.08. The fraction of sp³-hybridized carbons (Fsp3) is 0.200. The summed E-state index contributed by atoms with van der Waals surface area (Å²) >= 11 is 12.1. The average molecular weight is 310 g/mol. The summed E-state index contributed by atoms with van der Waals surface area (Å²) in [5.74, 6) is 1.59. The second-order valence-electron chi connectivity index (χ2n) is 4.50. The minimum absolute atomic E-state index is 0.296. The highest BCUT2D eigenvalue weighted by molar-refractivity contribution is 6.42. The molecular weight excluding hydrogens is 297 g/mol. The molecule has 0 spiro atoms. The van der Waals surface area contributed by atoms with Crippen LogP contribution in [0.5, 0.6) is 11.5 Å². The predicted molar refractivity (Wildman–Crippen MR) is 79.6 cm³/mol. The van der Waals surface area contributed by atoms with Crippen LogP contribution < -0.4 is 14.8 Å². The van der Waals surface area contributed by atoms with E-state index in [1.54, 1.807) is 6.07 Å². The molecule has 104 valence electrons. The van der Waals surface area contributed by atoms with Crippen LogP contribution in [-0.4, -0.2) is 6.79 Å². The molecule has 0 aliphatic carbocycles. The zero-order valence-electron chi connectivity index (χ0n) is 10.7. The molecule has 1 heterocycles. The molecule has 2 aromatic carbocycles. The second-order valence-corrected chi connectivity index (χ2v) is 5.29. The topological polar surface area (TPSA) is 30.5 Å². The molecule has 0 unspecified atom stereocenters. The monoisotopic (exact) mass is 309 g/mol. The number of benzene rings is 2. The molecule has 0 amide bonds. The molecule has 0 fully saturated rings. The molecule has 0 atom stereocenters. The van der Waals surface area contributed by atoms with Gasteiger partial charge in [0.25, 0.3) is 0 Å². The Morgan fingerprint density at radius 3 is 2.75 bits per heavy atom. The standard InChI is InChI=1S/C15H13Cl2NO2/c16-12-3-1-2-11(15(12)17)8-18-7-10-4-5-13-14(6-10)20-9-19-13/h1-6,18H,7-9H2. The van der Waals surface area contributed by atoms with E-state index in [1.165, 1.54) is 0 Å². The van der Waals surface area contributed by atoms with Crippen LogP contribution in [0.15, 0.2) is 36.4 Å². The van der Waals surface area contributed by atoms with Gasteiger partial charge in [0.05, 0.1) is 10.0 Å². The summed E-state index contributed by atoms with van der Waals surface area (Å²) < 4.78 is 10.6. The number of hydrogen-bond donors (Lipinski definition) is 1. The Hall–Kier alpha value is -1.42. The van der Waals surface area contributed by atoms with Crippen molar-refractivity contribution in [3.63, 3.8) is 0 Å². The largest absolute Gasteiger partial charge is 0.454 e. The van der Waals surface area contributed by atoms with E-state index in [1.807, 2.05) is 30.3 Å². The maximum Gasteiger partial charge on any atom is 0.231 e. The molecule has 1 aliphatic rings. The van der Waals surface area contributed by atoms with E-state index in [-0.39, 0.29) is 0 Å². The first-order valence-corrected chi connectivity index (χ1v) is 7.02. The summed E-state index contributed by atoms with van der Waals surface area (Å²) in [6, 6.07) is 11.6. The minimum atomic E-state index is 0.296. The van der Waals surface area contributed by atoms with E-state index in [9.17, 15) is 0 Å². The van der Waals surface area contributed by atoms with Gasteiger partial charge in [0, 0.05) is 13.1 Å².